The molecule has 32 heavy (non-hydrogen) atoms. The molecule has 1 atom stereocenters. The highest BCUT2D eigenvalue weighted by molar-refractivity contribution is 6.09. The fraction of sp³-hybridized carbons (Fsp3) is 0.375. The quantitative estimate of drug-likeness (QED) is 0.700. The van der Waals surface area contributed by atoms with Crippen molar-refractivity contribution in [3.05, 3.63) is 65.7 Å². The maximum Gasteiger partial charge on any atom is 0.325 e. The van der Waals surface area contributed by atoms with E-state index >= 15 is 0 Å². The van der Waals surface area contributed by atoms with Gasteiger partial charge >= 0.3 is 6.03 Å². The molecule has 2 heterocycles. The van der Waals surface area contributed by atoms with Crippen LogP contribution in [0.5, 0.6) is 0 Å². The van der Waals surface area contributed by atoms with Gasteiger partial charge in [0.2, 0.25) is 5.91 Å². The summed E-state index contributed by atoms with van der Waals surface area (Å²) in [6.45, 7) is 4.94. The molecule has 4 amide bonds. The third-order valence-electron chi connectivity index (χ3n) is 6.08. The zero-order valence-electron chi connectivity index (χ0n) is 18.4. The van der Waals surface area contributed by atoms with Crippen molar-refractivity contribution in [2.24, 2.45) is 0 Å². The summed E-state index contributed by atoms with van der Waals surface area (Å²) >= 11 is 0. The van der Waals surface area contributed by atoms with Gasteiger partial charge in [0.05, 0.1) is 13.2 Å². The lowest BCUT2D eigenvalue weighted by molar-refractivity contribution is -0.138. The zero-order chi connectivity index (χ0) is 22.7. The smallest absolute Gasteiger partial charge is 0.325 e. The molecule has 0 bridgehead atoms. The molecule has 0 aliphatic carbocycles. The summed E-state index contributed by atoms with van der Waals surface area (Å²) in [6.07, 6.45) is 0. The first kappa shape index (κ1) is 21.8. The van der Waals surface area contributed by atoms with Gasteiger partial charge in [-0.25, -0.2) is 4.79 Å². The first-order valence-electron chi connectivity index (χ1n) is 10.7. The number of rotatable bonds is 6. The van der Waals surface area contributed by atoms with Crippen LogP contribution in [0.4, 0.5) is 10.5 Å². The molecule has 1 N–H and O–H groups in total. The highest BCUT2D eigenvalue weighted by atomic mass is 16.5. The SMILES string of the molecule is CN(Cc1ccc(N2CCOCC2)cc1)C(=O)CN1C(=O)N[C@@](C)(c2ccccc2)C1=O. The average Bonchev–Trinajstić information content (AvgIpc) is 3.04. The van der Waals surface area contributed by atoms with Gasteiger partial charge in [-0.3, -0.25) is 14.5 Å². The molecule has 8 nitrogen and oxygen atoms in total. The molecule has 0 spiro atoms. The number of carbonyl (C=O) groups is 3. The van der Waals surface area contributed by atoms with Crippen LogP contribution in [0.3, 0.4) is 0 Å². The third kappa shape index (κ3) is 4.31. The maximum absolute atomic E-state index is 13.0. The molecule has 2 aliphatic heterocycles. The van der Waals surface area contributed by atoms with Gasteiger partial charge in [-0.05, 0) is 30.2 Å². The van der Waals surface area contributed by atoms with Crippen molar-refractivity contribution >= 4 is 23.5 Å². The lowest BCUT2D eigenvalue weighted by Gasteiger charge is -2.29. The van der Waals surface area contributed by atoms with Crippen LogP contribution >= 0.6 is 0 Å². The third-order valence-corrected chi connectivity index (χ3v) is 6.08. The molecule has 2 aliphatic rings. The second-order valence-corrected chi connectivity index (χ2v) is 8.33. The van der Waals surface area contributed by atoms with Crippen molar-refractivity contribution in [2.75, 3.05) is 44.8 Å². The van der Waals surface area contributed by atoms with Crippen LogP contribution in [0.25, 0.3) is 0 Å². The normalized spacial score (nSPS) is 20.9. The first-order chi connectivity index (χ1) is 15.4. The maximum atomic E-state index is 13.0. The second-order valence-electron chi connectivity index (χ2n) is 8.33. The van der Waals surface area contributed by atoms with E-state index in [1.807, 2.05) is 42.5 Å². The zero-order valence-corrected chi connectivity index (χ0v) is 18.4. The van der Waals surface area contributed by atoms with Crippen LogP contribution in [0, 0.1) is 0 Å². The van der Waals surface area contributed by atoms with Crippen LogP contribution < -0.4 is 10.2 Å². The Labute approximate surface area is 187 Å². The van der Waals surface area contributed by atoms with Gasteiger partial charge in [-0.1, -0.05) is 42.5 Å². The standard InChI is InChI=1S/C24H28N4O4/c1-24(19-6-4-3-5-7-19)22(30)28(23(31)25-24)17-21(29)26(2)16-18-8-10-20(11-9-18)27-12-14-32-15-13-27/h3-11H,12-17H2,1-2H3,(H,25,31)/t24-/m0/s1. The number of urea groups is 1. The van der Waals surface area contributed by atoms with Crippen molar-refractivity contribution < 1.29 is 19.1 Å². The highest BCUT2D eigenvalue weighted by Gasteiger charge is 2.49. The van der Waals surface area contributed by atoms with E-state index in [0.717, 1.165) is 42.5 Å². The van der Waals surface area contributed by atoms with E-state index in [1.165, 1.54) is 4.90 Å². The van der Waals surface area contributed by atoms with Crippen molar-refractivity contribution in [1.82, 2.24) is 15.1 Å². The summed E-state index contributed by atoms with van der Waals surface area (Å²) in [5.74, 6) is -0.728. The fourth-order valence-electron chi connectivity index (χ4n) is 4.06. The van der Waals surface area contributed by atoms with E-state index in [4.69, 9.17) is 4.74 Å². The summed E-state index contributed by atoms with van der Waals surface area (Å²) in [5, 5.41) is 2.73. The van der Waals surface area contributed by atoms with E-state index in [2.05, 4.69) is 10.2 Å². The summed E-state index contributed by atoms with van der Waals surface area (Å²) in [7, 11) is 1.67. The molecule has 2 saturated heterocycles. The molecule has 2 aromatic rings. The second kappa shape index (κ2) is 9.00. The molecule has 0 unspecified atom stereocenters. The number of likely N-dealkylation sites (N-methyl/N-ethyl adjacent to an activating group) is 1. The number of carbonyl (C=O) groups excluding carboxylic acids is 3. The van der Waals surface area contributed by atoms with Gasteiger partial charge in [0.25, 0.3) is 5.91 Å². The van der Waals surface area contributed by atoms with E-state index in [1.54, 1.807) is 26.1 Å². The van der Waals surface area contributed by atoms with Crippen molar-refractivity contribution in [3.63, 3.8) is 0 Å². The molecular weight excluding hydrogens is 408 g/mol. The first-order valence-corrected chi connectivity index (χ1v) is 10.7. The molecule has 0 aromatic heterocycles. The van der Waals surface area contributed by atoms with Crippen LogP contribution in [0.2, 0.25) is 0 Å². The minimum absolute atomic E-state index is 0.296. The van der Waals surface area contributed by atoms with Crippen LogP contribution in [-0.4, -0.2) is 67.5 Å². The average molecular weight is 437 g/mol. The van der Waals surface area contributed by atoms with Gasteiger partial charge in [0.15, 0.2) is 0 Å². The molecule has 4 rings (SSSR count). The van der Waals surface area contributed by atoms with Gasteiger partial charge in [0.1, 0.15) is 12.1 Å². The Morgan fingerprint density at radius 1 is 1.06 bits per heavy atom. The predicted molar refractivity (Wildman–Crippen MR) is 120 cm³/mol. The predicted octanol–water partition coefficient (Wildman–Crippen LogP) is 1.95. The Kier molecular flexibility index (Phi) is 6.14. The largest absolute Gasteiger partial charge is 0.378 e. The highest BCUT2D eigenvalue weighted by Crippen LogP contribution is 2.28. The number of nitrogens with one attached hydrogen (secondary N) is 1. The number of hydrogen-bond acceptors (Lipinski definition) is 5. The van der Waals surface area contributed by atoms with Crippen molar-refractivity contribution in [3.8, 4) is 0 Å². The van der Waals surface area contributed by atoms with Crippen molar-refractivity contribution in [2.45, 2.75) is 19.0 Å². The minimum Gasteiger partial charge on any atom is -0.378 e. The van der Waals surface area contributed by atoms with Gasteiger partial charge in [-0.15, -0.1) is 0 Å². The molecule has 2 aromatic carbocycles. The summed E-state index contributed by atoms with van der Waals surface area (Å²) < 4.78 is 5.39. The monoisotopic (exact) mass is 436 g/mol. The minimum atomic E-state index is -1.17. The number of imide groups is 1. The number of nitrogens with zero attached hydrogens (tertiary/aromatic N) is 3. The number of hydrogen-bond donors (Lipinski definition) is 1. The van der Waals surface area contributed by atoms with Crippen LogP contribution in [0.1, 0.15) is 18.1 Å². The molecule has 0 saturated carbocycles. The van der Waals surface area contributed by atoms with Gasteiger partial charge < -0.3 is 19.9 Å². The Bertz CT molecular complexity index is 989. The Hall–Kier alpha value is -3.39. The van der Waals surface area contributed by atoms with Gasteiger partial charge in [-0.2, -0.15) is 0 Å². The Morgan fingerprint density at radius 2 is 1.72 bits per heavy atom. The Morgan fingerprint density at radius 3 is 2.38 bits per heavy atom. The summed E-state index contributed by atoms with van der Waals surface area (Å²) in [5.41, 5.74) is 1.61. The van der Waals surface area contributed by atoms with Crippen LogP contribution in [0.15, 0.2) is 54.6 Å². The Balaban J connectivity index is 1.37. The lowest BCUT2D eigenvalue weighted by atomic mass is 9.92. The fourth-order valence-corrected chi connectivity index (χ4v) is 4.06. The van der Waals surface area contributed by atoms with Gasteiger partial charge in [0, 0.05) is 32.4 Å². The van der Waals surface area contributed by atoms with E-state index < -0.39 is 17.5 Å². The number of ether oxygens (including phenoxy) is 1. The molecule has 168 valence electrons. The topological polar surface area (TPSA) is 82.2 Å². The van der Waals surface area contributed by atoms with Crippen LogP contribution in [-0.2, 0) is 26.4 Å². The number of morpholine rings is 1. The molecular formula is C24H28N4O4. The number of amides is 4. The summed E-state index contributed by atoms with van der Waals surface area (Å²) in [6, 6.07) is 16.6. The lowest BCUT2D eigenvalue weighted by Crippen LogP contribution is -2.43. The van der Waals surface area contributed by atoms with Crippen molar-refractivity contribution in [1.29, 1.82) is 0 Å². The van der Waals surface area contributed by atoms with E-state index in [0.29, 0.717) is 12.1 Å². The molecule has 0 radical (unpaired) electrons. The molecule has 2 fully saturated rings. The number of anilines is 1. The number of benzene rings is 2. The van der Waals surface area contributed by atoms with E-state index in [-0.39, 0.29) is 12.5 Å². The molecule has 8 heteroatoms. The summed E-state index contributed by atoms with van der Waals surface area (Å²) in [4.78, 5) is 43.1. The van der Waals surface area contributed by atoms with E-state index in [9.17, 15) is 14.4 Å².